The van der Waals surface area contributed by atoms with Crippen LogP contribution in [0.1, 0.15) is 47.1 Å². The molecule has 3 aromatic rings. The number of carbonyl (C=O) groups is 2. The summed E-state index contributed by atoms with van der Waals surface area (Å²) in [5.74, 6) is 1.40. The second-order valence-corrected chi connectivity index (χ2v) is 8.16. The Morgan fingerprint density at radius 1 is 1.06 bits per heavy atom. The second-order valence-electron chi connectivity index (χ2n) is 8.16. The number of hydrogen-bond acceptors (Lipinski definition) is 3. The van der Waals surface area contributed by atoms with Crippen molar-refractivity contribution in [3.63, 3.8) is 0 Å². The van der Waals surface area contributed by atoms with E-state index in [1.165, 1.54) is 0 Å². The van der Waals surface area contributed by atoms with E-state index in [9.17, 15) is 9.59 Å². The highest BCUT2D eigenvalue weighted by molar-refractivity contribution is 5.85. The van der Waals surface area contributed by atoms with Crippen molar-refractivity contribution in [2.45, 2.75) is 45.8 Å². The van der Waals surface area contributed by atoms with Crippen LogP contribution in [-0.4, -0.2) is 16.7 Å². The summed E-state index contributed by atoms with van der Waals surface area (Å²) >= 11 is 0. The van der Waals surface area contributed by atoms with Crippen LogP contribution >= 0.6 is 0 Å². The lowest BCUT2D eigenvalue weighted by atomic mass is 9.83. The molecule has 1 N–H and O–H groups in total. The van der Waals surface area contributed by atoms with E-state index in [1.54, 1.807) is 0 Å². The minimum atomic E-state index is -0.308. The Kier molecular flexibility index (Phi) is 6.21. The second kappa shape index (κ2) is 9.21. The number of nitrogens with zero attached hydrogens (tertiary/aromatic N) is 1. The molecular weight excluding hydrogens is 388 g/mol. The number of rotatable bonds is 6. The van der Waals surface area contributed by atoms with E-state index in [0.29, 0.717) is 25.9 Å². The normalized spacial score (nSPS) is 18.8. The van der Waals surface area contributed by atoms with Crippen LogP contribution in [0, 0.1) is 19.8 Å². The predicted octanol–water partition coefficient (Wildman–Crippen LogP) is 4.69. The van der Waals surface area contributed by atoms with Crippen molar-refractivity contribution < 1.29 is 14.0 Å². The molecule has 1 aliphatic rings. The number of nitrogens with one attached hydrogen (secondary N) is 1. The SMILES string of the molecule is Cc1cc(CNC(=O)C2CCC(=O)N(Cc3ccccc3)C2c2ccccc2)c(C)o1. The van der Waals surface area contributed by atoms with Gasteiger partial charge in [-0.2, -0.15) is 0 Å². The number of hydrogen-bond donors (Lipinski definition) is 1. The minimum absolute atomic E-state index is 0.0299. The largest absolute Gasteiger partial charge is 0.466 e. The number of aryl methyl sites for hydroxylation is 2. The van der Waals surface area contributed by atoms with Crippen molar-refractivity contribution in [3.8, 4) is 0 Å². The molecule has 1 saturated heterocycles. The summed E-state index contributed by atoms with van der Waals surface area (Å²) in [7, 11) is 0. The molecule has 0 spiro atoms. The Bertz CT molecular complexity index is 1040. The topological polar surface area (TPSA) is 62.6 Å². The molecule has 4 rings (SSSR count). The maximum absolute atomic E-state index is 13.3. The molecular formula is C26H28N2O3. The number of piperidine rings is 1. The average molecular weight is 417 g/mol. The van der Waals surface area contributed by atoms with Crippen LogP contribution in [0.25, 0.3) is 0 Å². The smallest absolute Gasteiger partial charge is 0.225 e. The molecule has 1 aliphatic heterocycles. The van der Waals surface area contributed by atoms with E-state index in [2.05, 4.69) is 5.32 Å². The lowest BCUT2D eigenvalue weighted by Gasteiger charge is -2.41. The summed E-state index contributed by atoms with van der Waals surface area (Å²) in [4.78, 5) is 28.1. The molecule has 0 aliphatic carbocycles. The summed E-state index contributed by atoms with van der Waals surface area (Å²) in [6.45, 7) is 4.72. The van der Waals surface area contributed by atoms with E-state index in [-0.39, 0.29) is 23.8 Å². The van der Waals surface area contributed by atoms with Crippen LogP contribution in [0.3, 0.4) is 0 Å². The van der Waals surface area contributed by atoms with Gasteiger partial charge < -0.3 is 14.6 Å². The summed E-state index contributed by atoms with van der Waals surface area (Å²) in [5.41, 5.74) is 3.03. The molecule has 2 unspecified atom stereocenters. The van der Waals surface area contributed by atoms with Crippen LogP contribution in [0.4, 0.5) is 0 Å². The number of benzene rings is 2. The van der Waals surface area contributed by atoms with Gasteiger partial charge in [0, 0.05) is 25.1 Å². The zero-order chi connectivity index (χ0) is 21.8. The molecule has 0 bridgehead atoms. The molecule has 2 aromatic carbocycles. The monoisotopic (exact) mass is 416 g/mol. The minimum Gasteiger partial charge on any atom is -0.466 e. The van der Waals surface area contributed by atoms with Gasteiger partial charge in [0.2, 0.25) is 11.8 Å². The van der Waals surface area contributed by atoms with E-state index in [1.807, 2.05) is 85.5 Å². The highest BCUT2D eigenvalue weighted by atomic mass is 16.3. The average Bonchev–Trinajstić information content (AvgIpc) is 3.11. The van der Waals surface area contributed by atoms with E-state index < -0.39 is 0 Å². The third-order valence-corrected chi connectivity index (χ3v) is 5.98. The third-order valence-electron chi connectivity index (χ3n) is 5.98. The van der Waals surface area contributed by atoms with Crippen LogP contribution in [0.2, 0.25) is 0 Å². The molecule has 160 valence electrons. The number of amides is 2. The summed E-state index contributed by atoms with van der Waals surface area (Å²) in [5, 5.41) is 3.08. The molecule has 2 heterocycles. The highest BCUT2D eigenvalue weighted by Gasteiger charge is 2.40. The molecule has 2 amide bonds. The first-order valence-corrected chi connectivity index (χ1v) is 10.7. The maximum Gasteiger partial charge on any atom is 0.225 e. The van der Waals surface area contributed by atoms with Gasteiger partial charge in [-0.15, -0.1) is 0 Å². The fourth-order valence-electron chi connectivity index (χ4n) is 4.43. The van der Waals surface area contributed by atoms with Gasteiger partial charge >= 0.3 is 0 Å². The van der Waals surface area contributed by atoms with Crippen molar-refractivity contribution >= 4 is 11.8 Å². The zero-order valence-electron chi connectivity index (χ0n) is 18.0. The number of furan rings is 1. The van der Waals surface area contributed by atoms with Crippen molar-refractivity contribution in [1.29, 1.82) is 0 Å². The van der Waals surface area contributed by atoms with E-state index in [0.717, 1.165) is 28.2 Å². The third kappa shape index (κ3) is 4.71. The zero-order valence-corrected chi connectivity index (χ0v) is 18.0. The first kappa shape index (κ1) is 20.9. The molecule has 5 heteroatoms. The van der Waals surface area contributed by atoms with Crippen LogP contribution in [0.15, 0.2) is 71.1 Å². The van der Waals surface area contributed by atoms with E-state index >= 15 is 0 Å². The Hall–Kier alpha value is -3.34. The van der Waals surface area contributed by atoms with Crippen molar-refractivity contribution in [2.75, 3.05) is 0 Å². The first-order chi connectivity index (χ1) is 15.0. The van der Waals surface area contributed by atoms with E-state index in [4.69, 9.17) is 4.42 Å². The fraction of sp³-hybridized carbons (Fsp3) is 0.308. The lowest BCUT2D eigenvalue weighted by molar-refractivity contribution is -0.144. The molecule has 1 aromatic heterocycles. The van der Waals surface area contributed by atoms with Crippen molar-refractivity contribution in [1.82, 2.24) is 10.2 Å². The van der Waals surface area contributed by atoms with Gasteiger partial charge in [-0.3, -0.25) is 9.59 Å². The van der Waals surface area contributed by atoms with Crippen molar-refractivity contribution in [3.05, 3.63) is 94.9 Å². The van der Waals surface area contributed by atoms with Gasteiger partial charge in [0.25, 0.3) is 0 Å². The van der Waals surface area contributed by atoms with Gasteiger partial charge in [0.1, 0.15) is 11.5 Å². The van der Waals surface area contributed by atoms with Crippen molar-refractivity contribution in [2.24, 2.45) is 5.92 Å². The Balaban J connectivity index is 1.59. The Labute approximate surface area is 183 Å². The summed E-state index contributed by atoms with van der Waals surface area (Å²) in [6.07, 6.45) is 0.914. The lowest BCUT2D eigenvalue weighted by Crippen LogP contribution is -2.47. The van der Waals surface area contributed by atoms with Gasteiger partial charge in [0.15, 0.2) is 0 Å². The molecule has 0 radical (unpaired) electrons. The van der Waals surface area contributed by atoms with Gasteiger partial charge in [-0.25, -0.2) is 0 Å². The molecule has 0 saturated carbocycles. The molecule has 5 nitrogen and oxygen atoms in total. The molecule has 1 fully saturated rings. The maximum atomic E-state index is 13.3. The summed E-state index contributed by atoms with van der Waals surface area (Å²) in [6, 6.07) is 21.5. The number of likely N-dealkylation sites (tertiary alicyclic amines) is 1. The van der Waals surface area contributed by atoms with Crippen LogP contribution in [-0.2, 0) is 22.7 Å². The molecule has 31 heavy (non-hydrogen) atoms. The fourth-order valence-corrected chi connectivity index (χ4v) is 4.43. The molecule has 2 atom stereocenters. The quantitative estimate of drug-likeness (QED) is 0.634. The Morgan fingerprint density at radius 3 is 2.39 bits per heavy atom. The number of carbonyl (C=O) groups excluding carboxylic acids is 2. The van der Waals surface area contributed by atoms with Crippen LogP contribution < -0.4 is 5.32 Å². The Morgan fingerprint density at radius 2 is 1.74 bits per heavy atom. The van der Waals surface area contributed by atoms with Gasteiger partial charge in [-0.1, -0.05) is 60.7 Å². The standard InChI is InChI=1S/C26H28N2O3/c1-18-15-22(19(2)31-18)16-27-26(30)23-13-14-24(29)28(17-20-9-5-3-6-10-20)25(23)21-11-7-4-8-12-21/h3-12,15,23,25H,13-14,16-17H2,1-2H3,(H,27,30). The predicted molar refractivity (Wildman–Crippen MR) is 119 cm³/mol. The summed E-state index contributed by atoms with van der Waals surface area (Å²) < 4.78 is 5.58. The van der Waals surface area contributed by atoms with Gasteiger partial charge in [0.05, 0.1) is 12.0 Å². The van der Waals surface area contributed by atoms with Crippen LogP contribution in [0.5, 0.6) is 0 Å². The van der Waals surface area contributed by atoms with Gasteiger partial charge in [-0.05, 0) is 37.5 Å². The first-order valence-electron chi connectivity index (χ1n) is 10.7. The highest BCUT2D eigenvalue weighted by Crippen LogP contribution is 2.38.